The van der Waals surface area contributed by atoms with E-state index < -0.39 is 24.5 Å². The van der Waals surface area contributed by atoms with Crippen LogP contribution in [0, 0.1) is 0 Å². The highest BCUT2D eigenvalue weighted by atomic mass is 19.3. The van der Waals surface area contributed by atoms with E-state index in [9.17, 15) is 13.6 Å². The molecule has 1 aliphatic heterocycles. The van der Waals surface area contributed by atoms with Crippen molar-refractivity contribution >= 4 is 6.09 Å². The molecule has 6 heteroatoms. The van der Waals surface area contributed by atoms with Crippen molar-refractivity contribution in [3.8, 4) is 0 Å². The molecule has 0 bridgehead atoms. The fourth-order valence-corrected chi connectivity index (χ4v) is 2.79. The summed E-state index contributed by atoms with van der Waals surface area (Å²) >= 11 is 0. The van der Waals surface area contributed by atoms with Gasteiger partial charge in [0.1, 0.15) is 12.7 Å². The fraction of sp³-hybridized carbons (Fsp3) is 0.350. The Kier molecular flexibility index (Phi) is 5.83. The third-order valence-corrected chi connectivity index (χ3v) is 4.33. The molecule has 3 rings (SSSR count). The zero-order chi connectivity index (χ0) is 18.4. The zero-order valence-electron chi connectivity index (χ0n) is 14.3. The molecule has 2 aromatic rings. The van der Waals surface area contributed by atoms with E-state index in [1.807, 2.05) is 60.7 Å². The molecule has 1 fully saturated rings. The number of hydrogen-bond donors (Lipinski definition) is 0. The molecule has 1 aliphatic rings. The number of ether oxygens (including phenoxy) is 2. The maximum Gasteiger partial charge on any atom is 0.410 e. The van der Waals surface area contributed by atoms with Gasteiger partial charge >= 0.3 is 6.09 Å². The first-order valence-electron chi connectivity index (χ1n) is 8.53. The molecular formula is C20H21F2NO3. The minimum absolute atomic E-state index is 0.0498. The summed E-state index contributed by atoms with van der Waals surface area (Å²) in [6, 6.07) is 18.4. The Morgan fingerprint density at radius 2 is 1.58 bits per heavy atom. The van der Waals surface area contributed by atoms with Crippen LogP contribution in [0.15, 0.2) is 60.7 Å². The third-order valence-electron chi connectivity index (χ3n) is 4.33. The molecule has 1 heterocycles. The summed E-state index contributed by atoms with van der Waals surface area (Å²) in [6.07, 6.45) is -2.38. The number of benzene rings is 2. The molecule has 0 aromatic heterocycles. The van der Waals surface area contributed by atoms with Crippen LogP contribution in [0.4, 0.5) is 13.6 Å². The largest absolute Gasteiger partial charge is 0.445 e. The smallest absolute Gasteiger partial charge is 0.410 e. The van der Waals surface area contributed by atoms with Gasteiger partial charge in [0.15, 0.2) is 0 Å². The van der Waals surface area contributed by atoms with E-state index in [1.54, 1.807) is 0 Å². The molecule has 2 aromatic carbocycles. The normalized spacial score (nSPS) is 19.2. The van der Waals surface area contributed by atoms with Crippen LogP contribution in [-0.2, 0) is 22.7 Å². The van der Waals surface area contributed by atoms with E-state index in [4.69, 9.17) is 9.47 Å². The van der Waals surface area contributed by atoms with E-state index in [0.29, 0.717) is 0 Å². The molecule has 0 radical (unpaired) electrons. The van der Waals surface area contributed by atoms with Gasteiger partial charge in [-0.2, -0.15) is 0 Å². The van der Waals surface area contributed by atoms with Gasteiger partial charge in [-0.05, 0) is 11.1 Å². The lowest BCUT2D eigenvalue weighted by molar-refractivity contribution is -0.172. The number of halogens is 2. The summed E-state index contributed by atoms with van der Waals surface area (Å²) in [4.78, 5) is 13.5. The van der Waals surface area contributed by atoms with Crippen LogP contribution >= 0.6 is 0 Å². The van der Waals surface area contributed by atoms with Crippen LogP contribution in [0.3, 0.4) is 0 Å². The van der Waals surface area contributed by atoms with Gasteiger partial charge in [0, 0.05) is 13.0 Å². The number of likely N-dealkylation sites (tertiary alicyclic amines) is 1. The van der Waals surface area contributed by atoms with Gasteiger partial charge < -0.3 is 14.4 Å². The van der Waals surface area contributed by atoms with E-state index >= 15 is 0 Å². The fourth-order valence-electron chi connectivity index (χ4n) is 2.79. The van der Waals surface area contributed by atoms with Crippen molar-refractivity contribution in [2.24, 2.45) is 0 Å². The average Bonchev–Trinajstić information content (AvgIpc) is 2.66. The summed E-state index contributed by atoms with van der Waals surface area (Å²) < 4.78 is 39.0. The number of rotatable bonds is 5. The summed E-state index contributed by atoms with van der Waals surface area (Å²) in [6.45, 7) is -0.0462. The average molecular weight is 361 g/mol. The quantitative estimate of drug-likeness (QED) is 0.799. The summed E-state index contributed by atoms with van der Waals surface area (Å²) in [7, 11) is 0. The number of amides is 1. The second kappa shape index (κ2) is 8.27. The standard InChI is InChI=1S/C20H21F2NO3/c21-20(22)11-12-23(19(24)26-15-17-9-5-2-6-10-17)13-18(20)25-14-16-7-3-1-4-8-16/h1-10,18H,11-15H2. The Hall–Kier alpha value is -2.47. The SMILES string of the molecule is O=C(OCc1ccccc1)N1CCC(F)(F)C(OCc2ccccc2)C1. The Balaban J connectivity index is 1.55. The van der Waals surface area contributed by atoms with Gasteiger partial charge in [-0.3, -0.25) is 0 Å². The lowest BCUT2D eigenvalue weighted by Crippen LogP contribution is -2.53. The highest BCUT2D eigenvalue weighted by Gasteiger charge is 2.46. The second-order valence-corrected chi connectivity index (χ2v) is 6.28. The molecule has 0 aliphatic carbocycles. The van der Waals surface area contributed by atoms with Gasteiger partial charge in [0.2, 0.25) is 0 Å². The van der Waals surface area contributed by atoms with Crippen molar-refractivity contribution in [3.05, 3.63) is 71.8 Å². The molecular weight excluding hydrogens is 340 g/mol. The van der Waals surface area contributed by atoms with E-state index in [-0.39, 0.29) is 26.3 Å². The second-order valence-electron chi connectivity index (χ2n) is 6.28. The summed E-state index contributed by atoms with van der Waals surface area (Å²) in [5, 5.41) is 0. The Morgan fingerprint density at radius 3 is 2.19 bits per heavy atom. The Morgan fingerprint density at radius 1 is 1.00 bits per heavy atom. The van der Waals surface area contributed by atoms with Crippen molar-refractivity contribution in [1.82, 2.24) is 4.90 Å². The number of hydrogen-bond acceptors (Lipinski definition) is 3. The number of piperidine rings is 1. The van der Waals surface area contributed by atoms with Crippen molar-refractivity contribution < 1.29 is 23.0 Å². The van der Waals surface area contributed by atoms with Gasteiger partial charge in [-0.1, -0.05) is 60.7 Å². The van der Waals surface area contributed by atoms with Crippen LogP contribution in [0.25, 0.3) is 0 Å². The zero-order valence-corrected chi connectivity index (χ0v) is 14.3. The van der Waals surface area contributed by atoms with Crippen LogP contribution in [0.5, 0.6) is 0 Å². The first kappa shape index (κ1) is 18.3. The number of nitrogens with zero attached hydrogens (tertiary/aromatic N) is 1. The minimum Gasteiger partial charge on any atom is -0.445 e. The predicted octanol–water partition coefficient (Wildman–Crippen LogP) is 4.25. The molecule has 1 atom stereocenters. The molecule has 0 saturated carbocycles. The van der Waals surface area contributed by atoms with Gasteiger partial charge in [-0.15, -0.1) is 0 Å². The molecule has 1 unspecified atom stereocenters. The van der Waals surface area contributed by atoms with Crippen LogP contribution in [0.1, 0.15) is 17.5 Å². The van der Waals surface area contributed by atoms with E-state index in [0.717, 1.165) is 11.1 Å². The van der Waals surface area contributed by atoms with Crippen molar-refractivity contribution in [1.29, 1.82) is 0 Å². The summed E-state index contributed by atoms with van der Waals surface area (Å²) in [5.41, 5.74) is 1.66. The van der Waals surface area contributed by atoms with Crippen LogP contribution in [-0.4, -0.2) is 36.1 Å². The van der Waals surface area contributed by atoms with E-state index in [1.165, 1.54) is 4.90 Å². The Labute approximate surface area is 151 Å². The van der Waals surface area contributed by atoms with Crippen molar-refractivity contribution in [2.45, 2.75) is 31.7 Å². The monoisotopic (exact) mass is 361 g/mol. The molecule has 4 nitrogen and oxygen atoms in total. The Bertz CT molecular complexity index is 710. The van der Waals surface area contributed by atoms with Crippen LogP contribution < -0.4 is 0 Å². The van der Waals surface area contributed by atoms with Gasteiger partial charge in [-0.25, -0.2) is 13.6 Å². The van der Waals surface area contributed by atoms with E-state index in [2.05, 4.69) is 0 Å². The third kappa shape index (κ3) is 4.79. The highest BCUT2D eigenvalue weighted by Crippen LogP contribution is 2.31. The topological polar surface area (TPSA) is 38.8 Å². The van der Waals surface area contributed by atoms with Crippen molar-refractivity contribution in [2.75, 3.05) is 13.1 Å². The highest BCUT2D eigenvalue weighted by molar-refractivity contribution is 5.67. The van der Waals surface area contributed by atoms with Gasteiger partial charge in [0.05, 0.1) is 13.2 Å². The lowest BCUT2D eigenvalue weighted by Gasteiger charge is -2.37. The maximum atomic E-state index is 14.2. The first-order chi connectivity index (χ1) is 12.5. The lowest BCUT2D eigenvalue weighted by atomic mass is 10.0. The van der Waals surface area contributed by atoms with Crippen LogP contribution in [0.2, 0.25) is 0 Å². The molecule has 1 saturated heterocycles. The molecule has 26 heavy (non-hydrogen) atoms. The molecule has 0 N–H and O–H groups in total. The molecule has 1 amide bonds. The summed E-state index contributed by atoms with van der Waals surface area (Å²) in [5.74, 6) is -2.97. The number of alkyl halides is 2. The molecule has 138 valence electrons. The minimum atomic E-state index is -2.97. The van der Waals surface area contributed by atoms with Gasteiger partial charge in [0.25, 0.3) is 5.92 Å². The number of carbonyl (C=O) groups excluding carboxylic acids is 1. The molecule has 0 spiro atoms. The van der Waals surface area contributed by atoms with Crippen molar-refractivity contribution in [3.63, 3.8) is 0 Å². The first-order valence-corrected chi connectivity index (χ1v) is 8.53. The number of carbonyl (C=O) groups is 1. The predicted molar refractivity (Wildman–Crippen MR) is 92.8 cm³/mol. The maximum absolute atomic E-state index is 14.2.